The summed E-state index contributed by atoms with van der Waals surface area (Å²) >= 11 is 5.86. The molecule has 1 aromatic rings. The molecule has 4 heteroatoms. The van der Waals surface area contributed by atoms with Crippen LogP contribution >= 0.6 is 11.6 Å². The second kappa shape index (κ2) is 4.32. The van der Waals surface area contributed by atoms with Crippen LogP contribution < -0.4 is 5.32 Å². The maximum Gasteiger partial charge on any atom is 0.0945 e. The van der Waals surface area contributed by atoms with Gasteiger partial charge in [0, 0.05) is 30.4 Å². The molecule has 0 aliphatic heterocycles. The fraction of sp³-hybridized carbons (Fsp3) is 0.700. The zero-order valence-electron chi connectivity index (χ0n) is 8.25. The second-order valence-corrected chi connectivity index (χ2v) is 4.26. The Morgan fingerprint density at radius 3 is 2.93 bits per heavy atom. The van der Waals surface area contributed by atoms with E-state index < -0.39 is 0 Å². The smallest absolute Gasteiger partial charge is 0.0945 e. The third kappa shape index (κ3) is 2.49. The summed E-state index contributed by atoms with van der Waals surface area (Å²) in [4.78, 5) is 4.00. The number of halogens is 1. The summed E-state index contributed by atoms with van der Waals surface area (Å²) in [5.74, 6) is 0.748. The lowest BCUT2D eigenvalue weighted by Gasteiger charge is -2.13. The topological polar surface area (TPSA) is 29.9 Å². The van der Waals surface area contributed by atoms with E-state index in [1.165, 1.54) is 12.8 Å². The zero-order chi connectivity index (χ0) is 9.86. The number of rotatable bonds is 6. The van der Waals surface area contributed by atoms with Crippen molar-refractivity contribution in [3.8, 4) is 0 Å². The SMILES string of the molecule is ClCC1(NCCCn2ccnc2)CC1. The van der Waals surface area contributed by atoms with Gasteiger partial charge < -0.3 is 9.88 Å². The summed E-state index contributed by atoms with van der Waals surface area (Å²) in [6.07, 6.45) is 9.27. The molecule has 0 aromatic carbocycles. The summed E-state index contributed by atoms with van der Waals surface area (Å²) in [6, 6.07) is 0. The van der Waals surface area contributed by atoms with Crippen LogP contribution in [0.4, 0.5) is 0 Å². The van der Waals surface area contributed by atoms with E-state index >= 15 is 0 Å². The highest BCUT2D eigenvalue weighted by Gasteiger charge is 2.40. The van der Waals surface area contributed by atoms with Crippen molar-refractivity contribution >= 4 is 11.6 Å². The highest BCUT2D eigenvalue weighted by molar-refractivity contribution is 6.18. The Labute approximate surface area is 89.5 Å². The van der Waals surface area contributed by atoms with Crippen LogP contribution in [0.1, 0.15) is 19.3 Å². The van der Waals surface area contributed by atoms with Crippen LogP contribution in [0.2, 0.25) is 0 Å². The molecule has 1 aliphatic carbocycles. The number of nitrogens with zero attached hydrogens (tertiary/aromatic N) is 2. The van der Waals surface area contributed by atoms with Crippen molar-refractivity contribution in [2.75, 3.05) is 12.4 Å². The molecule has 0 unspecified atom stereocenters. The standard InChI is InChI=1S/C10H16ClN3/c11-8-10(2-3-10)13-4-1-6-14-7-5-12-9-14/h5,7,9,13H,1-4,6,8H2. The first-order chi connectivity index (χ1) is 6.85. The zero-order valence-corrected chi connectivity index (χ0v) is 9.00. The molecule has 0 atom stereocenters. The third-order valence-electron chi connectivity index (χ3n) is 2.76. The number of hydrogen-bond acceptors (Lipinski definition) is 2. The van der Waals surface area contributed by atoms with E-state index in [9.17, 15) is 0 Å². The van der Waals surface area contributed by atoms with Gasteiger partial charge in [-0.15, -0.1) is 11.6 Å². The normalized spacial score (nSPS) is 18.4. The van der Waals surface area contributed by atoms with Gasteiger partial charge in [-0.25, -0.2) is 4.98 Å². The van der Waals surface area contributed by atoms with E-state index in [2.05, 4.69) is 14.9 Å². The lowest BCUT2D eigenvalue weighted by molar-refractivity contribution is 0.506. The van der Waals surface area contributed by atoms with Crippen molar-refractivity contribution in [2.45, 2.75) is 31.3 Å². The first-order valence-electron chi connectivity index (χ1n) is 5.11. The van der Waals surface area contributed by atoms with Crippen molar-refractivity contribution in [1.29, 1.82) is 0 Å². The number of hydrogen-bond donors (Lipinski definition) is 1. The summed E-state index contributed by atoms with van der Waals surface area (Å²) in [6.45, 7) is 2.08. The van der Waals surface area contributed by atoms with Crippen LogP contribution in [0.25, 0.3) is 0 Å². The predicted molar refractivity (Wildman–Crippen MR) is 57.5 cm³/mol. The van der Waals surface area contributed by atoms with E-state index in [1.807, 2.05) is 18.7 Å². The summed E-state index contributed by atoms with van der Waals surface area (Å²) in [5, 5.41) is 3.52. The molecule has 0 radical (unpaired) electrons. The first kappa shape index (κ1) is 9.99. The molecule has 0 spiro atoms. The molecule has 0 saturated heterocycles. The van der Waals surface area contributed by atoms with Crippen LogP contribution in [0.5, 0.6) is 0 Å². The third-order valence-corrected chi connectivity index (χ3v) is 3.27. The summed E-state index contributed by atoms with van der Waals surface area (Å²) < 4.78 is 2.10. The minimum absolute atomic E-state index is 0.288. The molecule has 1 aliphatic rings. The van der Waals surface area contributed by atoms with Crippen LogP contribution in [-0.2, 0) is 6.54 Å². The van der Waals surface area contributed by atoms with E-state index in [4.69, 9.17) is 11.6 Å². The number of aromatic nitrogens is 2. The van der Waals surface area contributed by atoms with Gasteiger partial charge in [-0.2, -0.15) is 0 Å². The lowest BCUT2D eigenvalue weighted by atomic mass is 10.3. The number of aryl methyl sites for hydroxylation is 1. The van der Waals surface area contributed by atoms with Gasteiger partial charge in [0.05, 0.1) is 6.33 Å². The molecule has 1 N–H and O–H groups in total. The molecule has 0 bridgehead atoms. The van der Waals surface area contributed by atoms with Crippen molar-refractivity contribution < 1.29 is 0 Å². The summed E-state index contributed by atoms with van der Waals surface area (Å²) in [5.41, 5.74) is 0.288. The van der Waals surface area contributed by atoms with Gasteiger partial charge in [0.25, 0.3) is 0 Å². The lowest BCUT2D eigenvalue weighted by Crippen LogP contribution is -2.34. The maximum absolute atomic E-state index is 5.86. The Morgan fingerprint density at radius 2 is 2.36 bits per heavy atom. The van der Waals surface area contributed by atoms with Crippen molar-refractivity contribution in [3.05, 3.63) is 18.7 Å². The van der Waals surface area contributed by atoms with E-state index in [0.29, 0.717) is 0 Å². The molecule has 1 fully saturated rings. The van der Waals surface area contributed by atoms with Crippen LogP contribution in [0, 0.1) is 0 Å². The average molecular weight is 214 g/mol. The van der Waals surface area contributed by atoms with Gasteiger partial charge in [-0.3, -0.25) is 0 Å². The predicted octanol–water partition coefficient (Wildman–Crippen LogP) is 1.63. The molecule has 1 saturated carbocycles. The first-order valence-corrected chi connectivity index (χ1v) is 5.65. The Bertz CT molecular complexity index is 267. The van der Waals surface area contributed by atoms with Gasteiger partial charge in [0.15, 0.2) is 0 Å². The van der Waals surface area contributed by atoms with E-state index in [-0.39, 0.29) is 5.54 Å². The van der Waals surface area contributed by atoms with E-state index in [1.54, 1.807) is 0 Å². The minimum atomic E-state index is 0.288. The monoisotopic (exact) mass is 213 g/mol. The summed E-state index contributed by atoms with van der Waals surface area (Å²) in [7, 11) is 0. The highest BCUT2D eigenvalue weighted by Crippen LogP contribution is 2.36. The fourth-order valence-corrected chi connectivity index (χ4v) is 1.90. The molecule has 1 heterocycles. The quantitative estimate of drug-likeness (QED) is 0.575. The van der Waals surface area contributed by atoms with Crippen LogP contribution in [-0.4, -0.2) is 27.5 Å². The van der Waals surface area contributed by atoms with Gasteiger partial charge in [-0.1, -0.05) is 0 Å². The number of imidazole rings is 1. The maximum atomic E-state index is 5.86. The highest BCUT2D eigenvalue weighted by atomic mass is 35.5. The van der Waals surface area contributed by atoms with Crippen LogP contribution in [0.3, 0.4) is 0 Å². The van der Waals surface area contributed by atoms with Crippen molar-refractivity contribution in [2.24, 2.45) is 0 Å². The van der Waals surface area contributed by atoms with Crippen LogP contribution in [0.15, 0.2) is 18.7 Å². The molecule has 2 rings (SSSR count). The minimum Gasteiger partial charge on any atom is -0.337 e. The van der Waals surface area contributed by atoms with Gasteiger partial charge in [-0.05, 0) is 25.8 Å². The molecule has 14 heavy (non-hydrogen) atoms. The second-order valence-electron chi connectivity index (χ2n) is 3.99. The largest absolute Gasteiger partial charge is 0.337 e. The Morgan fingerprint density at radius 1 is 1.50 bits per heavy atom. The molecular weight excluding hydrogens is 198 g/mol. The number of nitrogens with one attached hydrogen (secondary N) is 1. The molecule has 0 amide bonds. The van der Waals surface area contributed by atoms with E-state index in [0.717, 1.165) is 25.4 Å². The Kier molecular flexibility index (Phi) is 3.08. The Balaban J connectivity index is 1.60. The molecule has 3 nitrogen and oxygen atoms in total. The average Bonchev–Trinajstić information content (AvgIpc) is 2.81. The molecular formula is C10H16ClN3. The van der Waals surface area contributed by atoms with Gasteiger partial charge in [0.1, 0.15) is 0 Å². The fourth-order valence-electron chi connectivity index (χ4n) is 1.54. The Hall–Kier alpha value is -0.540. The van der Waals surface area contributed by atoms with Gasteiger partial charge in [0.2, 0.25) is 0 Å². The van der Waals surface area contributed by atoms with Gasteiger partial charge >= 0.3 is 0 Å². The van der Waals surface area contributed by atoms with Crippen molar-refractivity contribution in [1.82, 2.24) is 14.9 Å². The number of alkyl halides is 1. The molecule has 1 aromatic heterocycles. The molecule has 78 valence electrons. The van der Waals surface area contributed by atoms with Crippen molar-refractivity contribution in [3.63, 3.8) is 0 Å².